The summed E-state index contributed by atoms with van der Waals surface area (Å²) in [6, 6.07) is 0. The first-order valence-electron chi connectivity index (χ1n) is 6.44. The third-order valence-electron chi connectivity index (χ3n) is 3.31. The Balaban J connectivity index is 2.06. The Morgan fingerprint density at radius 1 is 1.58 bits per heavy atom. The molecule has 0 radical (unpaired) electrons. The number of hydrogen-bond donors (Lipinski definition) is 3. The number of anilines is 2. The van der Waals surface area contributed by atoms with Crippen LogP contribution in [-0.2, 0) is 4.74 Å². The molecular formula is C12H19N3O3S. The highest BCUT2D eigenvalue weighted by Gasteiger charge is 2.31. The molecule has 0 atom stereocenters. The van der Waals surface area contributed by atoms with Crippen molar-refractivity contribution in [1.82, 2.24) is 4.37 Å². The molecule has 0 bridgehead atoms. The minimum atomic E-state index is -0.690. The van der Waals surface area contributed by atoms with E-state index in [9.17, 15) is 9.90 Å². The number of nitrogens with zero attached hydrogens (tertiary/aromatic N) is 1. The molecule has 2 rings (SSSR count). The van der Waals surface area contributed by atoms with Gasteiger partial charge in [0.25, 0.3) is 0 Å². The van der Waals surface area contributed by atoms with E-state index in [1.807, 2.05) is 0 Å². The molecule has 6 nitrogen and oxygen atoms in total. The number of nitrogens with two attached hydrogens (primary N) is 1. The van der Waals surface area contributed by atoms with Gasteiger partial charge >= 0.3 is 5.97 Å². The highest BCUT2D eigenvalue weighted by atomic mass is 32.1. The van der Waals surface area contributed by atoms with Gasteiger partial charge in [0, 0.05) is 6.54 Å². The number of nitrogens with one attached hydrogen (secondary N) is 1. The predicted octanol–water partition coefficient (Wildman–Crippen LogP) is 1.62. The Labute approximate surface area is 116 Å². The lowest BCUT2D eigenvalue weighted by molar-refractivity contribution is 0.0525. The molecule has 0 aliphatic heterocycles. The Hall–Kier alpha value is -1.34. The summed E-state index contributed by atoms with van der Waals surface area (Å²) in [5, 5.41) is 13.9. The van der Waals surface area contributed by atoms with Crippen molar-refractivity contribution in [1.29, 1.82) is 0 Å². The molecule has 1 aliphatic rings. The van der Waals surface area contributed by atoms with E-state index < -0.39 is 11.6 Å². The zero-order valence-electron chi connectivity index (χ0n) is 10.9. The summed E-state index contributed by atoms with van der Waals surface area (Å²) >= 11 is 1.11. The quantitative estimate of drug-likeness (QED) is 0.711. The minimum Gasteiger partial charge on any atom is -0.462 e. The fourth-order valence-electron chi connectivity index (χ4n) is 2.28. The van der Waals surface area contributed by atoms with Crippen molar-refractivity contribution >= 4 is 28.3 Å². The average Bonchev–Trinajstić information content (AvgIpc) is 2.94. The number of carbonyl (C=O) groups excluding carboxylic acids is 1. The molecule has 1 saturated carbocycles. The van der Waals surface area contributed by atoms with Gasteiger partial charge in [0.1, 0.15) is 10.6 Å². The van der Waals surface area contributed by atoms with Crippen molar-refractivity contribution < 1.29 is 14.6 Å². The monoisotopic (exact) mass is 285 g/mol. The van der Waals surface area contributed by atoms with Crippen LogP contribution in [0.5, 0.6) is 0 Å². The van der Waals surface area contributed by atoms with Gasteiger partial charge in [-0.2, -0.15) is 4.37 Å². The van der Waals surface area contributed by atoms with E-state index >= 15 is 0 Å². The smallest absolute Gasteiger partial charge is 0.344 e. The Bertz CT molecular complexity index is 455. The van der Waals surface area contributed by atoms with Crippen LogP contribution in [0.15, 0.2) is 0 Å². The third-order valence-corrected chi connectivity index (χ3v) is 4.13. The molecule has 1 aliphatic carbocycles. The van der Waals surface area contributed by atoms with Crippen molar-refractivity contribution in [3.63, 3.8) is 0 Å². The zero-order valence-corrected chi connectivity index (χ0v) is 11.8. The maximum absolute atomic E-state index is 11.8. The molecule has 4 N–H and O–H groups in total. The first-order chi connectivity index (χ1) is 9.06. The molecule has 1 heterocycles. The van der Waals surface area contributed by atoms with Crippen LogP contribution in [0.1, 0.15) is 43.0 Å². The van der Waals surface area contributed by atoms with Gasteiger partial charge < -0.3 is 20.9 Å². The molecule has 19 heavy (non-hydrogen) atoms. The fraction of sp³-hybridized carbons (Fsp3) is 0.667. The summed E-state index contributed by atoms with van der Waals surface area (Å²) in [6.07, 6.45) is 3.63. The lowest BCUT2D eigenvalue weighted by Gasteiger charge is -2.22. The van der Waals surface area contributed by atoms with E-state index in [1.165, 1.54) is 0 Å². The number of aromatic nitrogens is 1. The molecule has 106 valence electrons. The van der Waals surface area contributed by atoms with Crippen LogP contribution in [0.4, 0.5) is 10.8 Å². The topological polar surface area (TPSA) is 97.5 Å². The van der Waals surface area contributed by atoms with Crippen LogP contribution >= 0.6 is 11.5 Å². The van der Waals surface area contributed by atoms with Gasteiger partial charge in [-0.05, 0) is 31.3 Å². The normalized spacial score (nSPS) is 17.4. The van der Waals surface area contributed by atoms with Crippen LogP contribution in [0.25, 0.3) is 0 Å². The summed E-state index contributed by atoms with van der Waals surface area (Å²) in [6.45, 7) is 2.43. The number of hydrogen-bond acceptors (Lipinski definition) is 7. The van der Waals surface area contributed by atoms with E-state index in [2.05, 4.69) is 9.69 Å². The number of esters is 1. The standard InChI is InChI=1S/C12H19N3O3S/c1-2-18-11(16)8-9(13)15-19-10(8)14-7-12(17)5-3-4-6-12/h14,17H,2-7H2,1H3,(H2,13,15). The van der Waals surface area contributed by atoms with Crippen molar-refractivity contribution in [3.05, 3.63) is 5.56 Å². The zero-order chi connectivity index (χ0) is 13.9. The first-order valence-corrected chi connectivity index (χ1v) is 7.21. The Kier molecular flexibility index (Phi) is 4.26. The molecule has 1 aromatic rings. The third kappa shape index (κ3) is 3.16. The van der Waals surface area contributed by atoms with Gasteiger partial charge in [-0.3, -0.25) is 0 Å². The first kappa shape index (κ1) is 14.1. The number of aliphatic hydroxyl groups is 1. The number of carbonyl (C=O) groups is 1. The summed E-state index contributed by atoms with van der Waals surface area (Å²) in [7, 11) is 0. The van der Waals surface area contributed by atoms with Crippen LogP contribution in [0, 0.1) is 0 Å². The van der Waals surface area contributed by atoms with Gasteiger partial charge in [0.05, 0.1) is 12.2 Å². The van der Waals surface area contributed by atoms with Crippen LogP contribution < -0.4 is 11.1 Å². The highest BCUT2D eigenvalue weighted by molar-refractivity contribution is 7.11. The van der Waals surface area contributed by atoms with Gasteiger partial charge in [-0.15, -0.1) is 0 Å². The van der Waals surface area contributed by atoms with Crippen molar-refractivity contribution in [2.24, 2.45) is 0 Å². The van der Waals surface area contributed by atoms with Gasteiger partial charge in [-0.25, -0.2) is 4.79 Å². The second kappa shape index (κ2) is 5.75. The fourth-order valence-corrected chi connectivity index (χ4v) is 2.98. The maximum atomic E-state index is 11.8. The maximum Gasteiger partial charge on any atom is 0.344 e. The lowest BCUT2D eigenvalue weighted by atomic mass is 10.0. The van der Waals surface area contributed by atoms with Gasteiger partial charge in [-0.1, -0.05) is 12.8 Å². The largest absolute Gasteiger partial charge is 0.462 e. The van der Waals surface area contributed by atoms with E-state index in [1.54, 1.807) is 6.92 Å². The molecule has 1 aromatic heterocycles. The summed E-state index contributed by atoms with van der Waals surface area (Å²) < 4.78 is 8.91. The average molecular weight is 285 g/mol. The van der Waals surface area contributed by atoms with Crippen molar-refractivity contribution in [3.8, 4) is 0 Å². The molecular weight excluding hydrogens is 266 g/mol. The summed E-state index contributed by atoms with van der Waals surface area (Å²) in [5.74, 6) is -0.306. The summed E-state index contributed by atoms with van der Waals surface area (Å²) in [4.78, 5) is 11.8. The lowest BCUT2D eigenvalue weighted by Crippen LogP contribution is -2.33. The number of nitrogen functional groups attached to an aromatic ring is 1. The van der Waals surface area contributed by atoms with Crippen LogP contribution in [0.2, 0.25) is 0 Å². The highest BCUT2D eigenvalue weighted by Crippen LogP contribution is 2.32. The second-order valence-corrected chi connectivity index (χ2v) is 5.55. The molecule has 0 spiro atoms. The molecule has 7 heteroatoms. The number of ether oxygens (including phenoxy) is 1. The van der Waals surface area contributed by atoms with Gasteiger partial charge in [0.2, 0.25) is 0 Å². The predicted molar refractivity (Wildman–Crippen MR) is 74.4 cm³/mol. The van der Waals surface area contributed by atoms with E-state index in [0.717, 1.165) is 37.2 Å². The molecule has 0 amide bonds. The van der Waals surface area contributed by atoms with E-state index in [4.69, 9.17) is 10.5 Å². The molecule has 0 saturated heterocycles. The Morgan fingerprint density at radius 3 is 2.89 bits per heavy atom. The van der Waals surface area contributed by atoms with E-state index in [0.29, 0.717) is 11.5 Å². The Morgan fingerprint density at radius 2 is 2.26 bits per heavy atom. The molecule has 1 fully saturated rings. The molecule has 0 aromatic carbocycles. The summed E-state index contributed by atoms with van der Waals surface area (Å²) in [5.41, 5.74) is 5.27. The van der Waals surface area contributed by atoms with E-state index in [-0.39, 0.29) is 18.0 Å². The van der Waals surface area contributed by atoms with Crippen molar-refractivity contribution in [2.75, 3.05) is 24.2 Å². The van der Waals surface area contributed by atoms with Crippen molar-refractivity contribution in [2.45, 2.75) is 38.2 Å². The minimum absolute atomic E-state index is 0.171. The SMILES string of the molecule is CCOC(=O)c1c(N)nsc1NCC1(O)CCCC1. The molecule has 0 unspecified atom stereocenters. The number of rotatable bonds is 5. The van der Waals surface area contributed by atoms with Crippen LogP contribution in [0.3, 0.4) is 0 Å². The second-order valence-electron chi connectivity index (χ2n) is 4.78. The van der Waals surface area contributed by atoms with Gasteiger partial charge in [0.15, 0.2) is 5.82 Å². The van der Waals surface area contributed by atoms with Crippen LogP contribution in [-0.4, -0.2) is 34.2 Å².